The lowest BCUT2D eigenvalue weighted by Crippen LogP contribution is -2.51. The van der Waals surface area contributed by atoms with E-state index in [-0.39, 0.29) is 24.5 Å². The summed E-state index contributed by atoms with van der Waals surface area (Å²) in [6, 6.07) is 3.44. The maximum absolute atomic E-state index is 12.7. The van der Waals surface area contributed by atoms with E-state index in [2.05, 4.69) is 0 Å². The molecule has 1 aliphatic heterocycles. The second-order valence-corrected chi connectivity index (χ2v) is 8.40. The average Bonchev–Trinajstić information content (AvgIpc) is 2.88. The summed E-state index contributed by atoms with van der Waals surface area (Å²) >= 11 is 1.38. The van der Waals surface area contributed by atoms with Crippen LogP contribution in [0.5, 0.6) is 0 Å². The van der Waals surface area contributed by atoms with E-state index in [0.29, 0.717) is 10.8 Å². The maximum atomic E-state index is 12.7. The van der Waals surface area contributed by atoms with Crippen molar-refractivity contribution in [2.75, 3.05) is 6.54 Å². The van der Waals surface area contributed by atoms with Crippen LogP contribution in [0.3, 0.4) is 0 Å². The van der Waals surface area contributed by atoms with Crippen LogP contribution >= 0.6 is 23.7 Å². The normalized spacial score (nSPS) is 22.2. The summed E-state index contributed by atoms with van der Waals surface area (Å²) in [4.78, 5) is 1.10. The van der Waals surface area contributed by atoms with E-state index in [1.54, 1.807) is 10.4 Å². The third-order valence-electron chi connectivity index (χ3n) is 3.65. The van der Waals surface area contributed by atoms with Crippen molar-refractivity contribution >= 4 is 33.8 Å². The van der Waals surface area contributed by atoms with Gasteiger partial charge in [0.2, 0.25) is 0 Å². The molecule has 0 spiro atoms. The zero-order valence-electron chi connectivity index (χ0n) is 11.9. The first-order valence-electron chi connectivity index (χ1n) is 6.83. The largest absolute Gasteiger partial charge is 0.326 e. The maximum Gasteiger partial charge on any atom is 0.252 e. The summed E-state index contributed by atoms with van der Waals surface area (Å²) in [5.41, 5.74) is 5.96. The van der Waals surface area contributed by atoms with Gasteiger partial charge in [0.1, 0.15) is 4.21 Å². The number of rotatable bonds is 4. The van der Waals surface area contributed by atoms with E-state index in [1.165, 1.54) is 11.3 Å². The fourth-order valence-electron chi connectivity index (χ4n) is 2.56. The van der Waals surface area contributed by atoms with Crippen molar-refractivity contribution in [3.8, 4) is 0 Å². The molecule has 0 radical (unpaired) electrons. The molecule has 0 aromatic carbocycles. The molecule has 0 amide bonds. The lowest BCUT2D eigenvalue weighted by Gasteiger charge is -2.36. The van der Waals surface area contributed by atoms with E-state index in [1.807, 2.05) is 19.9 Å². The van der Waals surface area contributed by atoms with Gasteiger partial charge < -0.3 is 5.73 Å². The number of halogens is 1. The van der Waals surface area contributed by atoms with Gasteiger partial charge in [-0.3, -0.25) is 0 Å². The molecule has 1 saturated heterocycles. The third kappa shape index (κ3) is 3.54. The van der Waals surface area contributed by atoms with Crippen molar-refractivity contribution < 1.29 is 8.42 Å². The molecule has 0 bridgehead atoms. The number of nitrogens with zero attached hydrogens (tertiary/aromatic N) is 1. The van der Waals surface area contributed by atoms with Gasteiger partial charge in [-0.1, -0.05) is 13.3 Å². The minimum atomic E-state index is -3.37. The molecule has 1 aromatic heterocycles. The molecular weight excluding hydrogens is 316 g/mol. The molecule has 20 heavy (non-hydrogen) atoms. The third-order valence-corrected chi connectivity index (χ3v) is 7.28. The molecule has 7 heteroatoms. The van der Waals surface area contributed by atoms with Crippen LogP contribution in [-0.4, -0.2) is 31.4 Å². The van der Waals surface area contributed by atoms with Crippen LogP contribution in [0.25, 0.3) is 0 Å². The quantitative estimate of drug-likeness (QED) is 0.917. The SMILES string of the molecule is CCc1ccc(S(=O)(=O)N2CCCCC2C(C)N)s1.Cl. The summed E-state index contributed by atoms with van der Waals surface area (Å²) in [5.74, 6) is 0. The van der Waals surface area contributed by atoms with Gasteiger partial charge in [0, 0.05) is 23.5 Å². The summed E-state index contributed by atoms with van der Waals surface area (Å²) in [6.07, 6.45) is 3.72. The Morgan fingerprint density at radius 3 is 2.70 bits per heavy atom. The molecule has 2 atom stereocenters. The van der Waals surface area contributed by atoms with E-state index < -0.39 is 10.0 Å². The van der Waals surface area contributed by atoms with Crippen LogP contribution in [0, 0.1) is 0 Å². The topological polar surface area (TPSA) is 63.4 Å². The molecule has 2 unspecified atom stereocenters. The average molecular weight is 339 g/mol. The number of piperidine rings is 1. The van der Waals surface area contributed by atoms with Crippen molar-refractivity contribution in [3.63, 3.8) is 0 Å². The molecule has 0 saturated carbocycles. The second kappa shape index (κ2) is 7.22. The molecule has 1 fully saturated rings. The Bertz CT molecular complexity index is 528. The molecule has 116 valence electrons. The predicted molar refractivity (Wildman–Crippen MR) is 86.1 cm³/mol. The van der Waals surface area contributed by atoms with Gasteiger partial charge in [-0.15, -0.1) is 23.7 Å². The van der Waals surface area contributed by atoms with E-state index in [9.17, 15) is 8.42 Å². The molecule has 0 aliphatic carbocycles. The Labute approximate surface area is 131 Å². The fourth-order valence-corrected chi connectivity index (χ4v) is 5.76. The van der Waals surface area contributed by atoms with Gasteiger partial charge >= 0.3 is 0 Å². The van der Waals surface area contributed by atoms with Crippen molar-refractivity contribution in [3.05, 3.63) is 17.0 Å². The standard InChI is InChI=1S/C13H22N2O2S2.ClH/c1-3-11-7-8-13(18-11)19(16,17)15-9-5-4-6-12(15)10(2)14;/h7-8,10,12H,3-6,9,14H2,1-2H3;1H. The predicted octanol–water partition coefficient (Wildman–Crippen LogP) is 2.62. The first-order valence-corrected chi connectivity index (χ1v) is 9.08. The van der Waals surface area contributed by atoms with Gasteiger partial charge in [-0.2, -0.15) is 4.31 Å². The number of hydrogen-bond acceptors (Lipinski definition) is 4. The van der Waals surface area contributed by atoms with E-state index >= 15 is 0 Å². The van der Waals surface area contributed by atoms with Crippen molar-refractivity contribution in [2.24, 2.45) is 5.73 Å². The zero-order valence-corrected chi connectivity index (χ0v) is 14.4. The number of hydrogen-bond donors (Lipinski definition) is 1. The number of thiophene rings is 1. The van der Waals surface area contributed by atoms with E-state index in [4.69, 9.17) is 5.73 Å². The second-order valence-electron chi connectivity index (χ2n) is 5.11. The molecule has 2 N–H and O–H groups in total. The highest BCUT2D eigenvalue weighted by Gasteiger charge is 2.35. The number of aryl methyl sites for hydroxylation is 1. The van der Waals surface area contributed by atoms with Crippen LogP contribution < -0.4 is 5.73 Å². The van der Waals surface area contributed by atoms with Crippen LogP contribution in [0.4, 0.5) is 0 Å². The Morgan fingerprint density at radius 2 is 2.15 bits per heavy atom. The number of nitrogens with two attached hydrogens (primary N) is 1. The lowest BCUT2D eigenvalue weighted by atomic mass is 10.00. The van der Waals surface area contributed by atoms with Gasteiger partial charge in [0.25, 0.3) is 10.0 Å². The van der Waals surface area contributed by atoms with Crippen molar-refractivity contribution in [2.45, 2.75) is 55.8 Å². The Kier molecular flexibility index (Phi) is 6.47. The first kappa shape index (κ1) is 17.9. The molecular formula is C13H23ClN2O2S2. The fraction of sp³-hybridized carbons (Fsp3) is 0.692. The van der Waals surface area contributed by atoms with Crippen molar-refractivity contribution in [1.29, 1.82) is 0 Å². The highest BCUT2D eigenvalue weighted by atomic mass is 35.5. The Morgan fingerprint density at radius 1 is 1.45 bits per heavy atom. The Balaban J connectivity index is 0.00000200. The molecule has 2 rings (SSSR count). The van der Waals surface area contributed by atoms with Crippen LogP contribution in [0.1, 0.15) is 38.0 Å². The van der Waals surface area contributed by atoms with Crippen LogP contribution in [0.2, 0.25) is 0 Å². The van der Waals surface area contributed by atoms with Crippen LogP contribution in [0.15, 0.2) is 16.3 Å². The smallest absolute Gasteiger partial charge is 0.252 e. The summed E-state index contributed by atoms with van der Waals surface area (Å²) in [6.45, 7) is 4.52. The minimum Gasteiger partial charge on any atom is -0.326 e. The van der Waals surface area contributed by atoms with Gasteiger partial charge in [0.05, 0.1) is 0 Å². The highest BCUT2D eigenvalue weighted by molar-refractivity contribution is 7.91. The van der Waals surface area contributed by atoms with Crippen LogP contribution in [-0.2, 0) is 16.4 Å². The van der Waals surface area contributed by atoms with Crippen molar-refractivity contribution in [1.82, 2.24) is 4.31 Å². The summed E-state index contributed by atoms with van der Waals surface area (Å²) < 4.78 is 27.5. The Hall–Kier alpha value is -0.140. The minimum absolute atomic E-state index is 0. The van der Waals surface area contributed by atoms with Gasteiger partial charge in [0.15, 0.2) is 0 Å². The number of sulfonamides is 1. The molecule has 2 heterocycles. The first-order chi connectivity index (χ1) is 8.96. The molecule has 4 nitrogen and oxygen atoms in total. The molecule has 1 aromatic rings. The monoisotopic (exact) mass is 338 g/mol. The summed E-state index contributed by atoms with van der Waals surface area (Å²) in [5, 5.41) is 0. The van der Waals surface area contributed by atoms with Gasteiger partial charge in [-0.05, 0) is 38.3 Å². The highest BCUT2D eigenvalue weighted by Crippen LogP contribution is 2.30. The lowest BCUT2D eigenvalue weighted by molar-refractivity contribution is 0.227. The molecule has 1 aliphatic rings. The zero-order chi connectivity index (χ0) is 14.0. The summed E-state index contributed by atoms with van der Waals surface area (Å²) in [7, 11) is -3.37. The van der Waals surface area contributed by atoms with E-state index in [0.717, 1.165) is 30.6 Å². The van der Waals surface area contributed by atoms with Gasteiger partial charge in [-0.25, -0.2) is 8.42 Å².